The molecule has 0 unspecified atom stereocenters. The Kier molecular flexibility index (Phi) is 3.89. The van der Waals surface area contributed by atoms with E-state index in [4.69, 9.17) is 10.5 Å². The average Bonchev–Trinajstić information content (AvgIpc) is 2.80. The molecule has 3 aromatic heterocycles. The van der Waals surface area contributed by atoms with Crippen LogP contribution in [-0.2, 0) is 0 Å². The first kappa shape index (κ1) is 16.2. The minimum Gasteiger partial charge on any atom is -0.480 e. The molecule has 3 aromatic rings. The molecule has 0 spiro atoms. The van der Waals surface area contributed by atoms with E-state index in [1.54, 1.807) is 4.57 Å². The predicted octanol–water partition coefficient (Wildman–Crippen LogP) is 2.97. The first-order valence-electron chi connectivity index (χ1n) is 7.16. The number of aromatic nitrogens is 4. The van der Waals surface area contributed by atoms with Crippen molar-refractivity contribution in [3.8, 4) is 17.6 Å². The molecule has 0 amide bonds. The normalized spacial score (nSPS) is 10.8. The van der Waals surface area contributed by atoms with Gasteiger partial charge >= 0.3 is 0 Å². The van der Waals surface area contributed by atoms with Crippen molar-refractivity contribution in [1.29, 1.82) is 5.26 Å². The maximum absolute atomic E-state index is 9.54. The van der Waals surface area contributed by atoms with Crippen molar-refractivity contribution in [2.24, 2.45) is 0 Å². The Balaban J connectivity index is 2.51. The van der Waals surface area contributed by atoms with Crippen molar-refractivity contribution in [3.63, 3.8) is 0 Å². The molecule has 7 nitrogen and oxygen atoms in total. The van der Waals surface area contributed by atoms with Gasteiger partial charge in [0, 0.05) is 10.9 Å². The number of nitriles is 1. The predicted molar refractivity (Wildman–Crippen MR) is 94.3 cm³/mol. The summed E-state index contributed by atoms with van der Waals surface area (Å²) in [6.45, 7) is 5.62. The third-order valence-electron chi connectivity index (χ3n) is 3.95. The van der Waals surface area contributed by atoms with E-state index in [0.29, 0.717) is 44.3 Å². The van der Waals surface area contributed by atoms with Gasteiger partial charge in [0.15, 0.2) is 0 Å². The number of anilines is 1. The van der Waals surface area contributed by atoms with E-state index in [1.807, 2.05) is 26.8 Å². The number of rotatable bonds is 2. The highest BCUT2D eigenvalue weighted by molar-refractivity contribution is 9.10. The lowest BCUT2D eigenvalue weighted by atomic mass is 10.2. The number of halogens is 1. The van der Waals surface area contributed by atoms with E-state index >= 15 is 0 Å². The SMILES string of the molecule is COc1nnc(C)c(-n2c(N)c(C#N)c3cc(C)c(Br)nc32)c1C. The first-order valence-corrected chi connectivity index (χ1v) is 7.95. The van der Waals surface area contributed by atoms with Crippen LogP contribution in [0.4, 0.5) is 5.82 Å². The molecule has 0 aliphatic heterocycles. The van der Waals surface area contributed by atoms with E-state index < -0.39 is 0 Å². The fraction of sp³-hybridized carbons (Fsp3) is 0.250. The number of methoxy groups -OCH3 is 1. The Bertz CT molecular complexity index is 1020. The number of aryl methyl sites for hydroxylation is 2. The van der Waals surface area contributed by atoms with Crippen LogP contribution >= 0.6 is 15.9 Å². The minimum atomic E-state index is 0.318. The van der Waals surface area contributed by atoms with Crippen LogP contribution in [0.5, 0.6) is 5.88 Å². The average molecular weight is 387 g/mol. The fourth-order valence-corrected chi connectivity index (χ4v) is 3.07. The lowest BCUT2D eigenvalue weighted by molar-refractivity contribution is 0.387. The molecule has 24 heavy (non-hydrogen) atoms. The molecule has 0 radical (unpaired) electrons. The number of hydrogen-bond acceptors (Lipinski definition) is 6. The summed E-state index contributed by atoms with van der Waals surface area (Å²) in [4.78, 5) is 4.58. The van der Waals surface area contributed by atoms with Crippen molar-refractivity contribution in [2.75, 3.05) is 12.8 Å². The Morgan fingerprint density at radius 3 is 2.62 bits per heavy atom. The summed E-state index contributed by atoms with van der Waals surface area (Å²) in [5, 5.41) is 18.4. The van der Waals surface area contributed by atoms with Gasteiger partial charge in [-0.15, -0.1) is 10.2 Å². The van der Waals surface area contributed by atoms with Crippen LogP contribution in [0, 0.1) is 32.1 Å². The molecular formula is C16H15BrN6O. The van der Waals surface area contributed by atoms with Gasteiger partial charge < -0.3 is 10.5 Å². The lowest BCUT2D eigenvalue weighted by Crippen LogP contribution is -2.09. The van der Waals surface area contributed by atoms with Gasteiger partial charge in [-0.05, 0) is 48.3 Å². The molecule has 0 saturated heterocycles. The summed E-state index contributed by atoms with van der Waals surface area (Å²) < 4.78 is 7.70. The topological polar surface area (TPSA) is 103 Å². The van der Waals surface area contributed by atoms with Gasteiger partial charge in [0.05, 0.1) is 18.5 Å². The monoisotopic (exact) mass is 386 g/mol. The molecule has 122 valence electrons. The van der Waals surface area contributed by atoms with Crippen molar-refractivity contribution >= 4 is 32.8 Å². The van der Waals surface area contributed by atoms with Gasteiger partial charge in [0.25, 0.3) is 0 Å². The highest BCUT2D eigenvalue weighted by Gasteiger charge is 2.23. The highest BCUT2D eigenvalue weighted by Crippen LogP contribution is 2.35. The molecule has 3 rings (SSSR count). The maximum Gasteiger partial charge on any atom is 0.238 e. The molecule has 0 bridgehead atoms. The highest BCUT2D eigenvalue weighted by atomic mass is 79.9. The third-order valence-corrected chi connectivity index (χ3v) is 4.75. The summed E-state index contributed by atoms with van der Waals surface area (Å²) in [5.41, 5.74) is 10.3. The van der Waals surface area contributed by atoms with Crippen LogP contribution in [0.1, 0.15) is 22.4 Å². The van der Waals surface area contributed by atoms with E-state index in [-0.39, 0.29) is 0 Å². The Hall–Kier alpha value is -2.66. The minimum absolute atomic E-state index is 0.318. The van der Waals surface area contributed by atoms with Crippen LogP contribution in [0.3, 0.4) is 0 Å². The van der Waals surface area contributed by atoms with Crippen LogP contribution in [-0.4, -0.2) is 26.9 Å². The van der Waals surface area contributed by atoms with Gasteiger partial charge in [0.2, 0.25) is 5.88 Å². The number of pyridine rings is 1. The van der Waals surface area contributed by atoms with Gasteiger partial charge in [-0.25, -0.2) is 4.98 Å². The molecule has 0 aliphatic rings. The van der Waals surface area contributed by atoms with Gasteiger partial charge in [-0.1, -0.05) is 0 Å². The number of fused-ring (bicyclic) bond motifs is 1. The molecular weight excluding hydrogens is 372 g/mol. The zero-order chi connectivity index (χ0) is 17.6. The molecule has 0 aromatic carbocycles. The Labute approximate surface area is 147 Å². The second kappa shape index (κ2) is 5.76. The number of hydrogen-bond donors (Lipinski definition) is 1. The van der Waals surface area contributed by atoms with Gasteiger partial charge in [-0.2, -0.15) is 5.26 Å². The molecule has 0 aliphatic carbocycles. The summed E-state index contributed by atoms with van der Waals surface area (Å²) in [6.07, 6.45) is 0. The van der Waals surface area contributed by atoms with E-state index in [2.05, 4.69) is 37.2 Å². The second-order valence-corrected chi connectivity index (χ2v) is 6.19. The zero-order valence-electron chi connectivity index (χ0n) is 13.7. The van der Waals surface area contributed by atoms with E-state index in [9.17, 15) is 5.26 Å². The van der Waals surface area contributed by atoms with Crippen molar-refractivity contribution < 1.29 is 4.74 Å². The number of nitrogens with two attached hydrogens (primary N) is 1. The summed E-state index contributed by atoms with van der Waals surface area (Å²) >= 11 is 3.44. The molecule has 3 heterocycles. The van der Waals surface area contributed by atoms with Gasteiger partial charge in [-0.3, -0.25) is 4.57 Å². The van der Waals surface area contributed by atoms with Crippen molar-refractivity contribution in [3.05, 3.63) is 33.1 Å². The van der Waals surface area contributed by atoms with Crippen molar-refractivity contribution in [2.45, 2.75) is 20.8 Å². The van der Waals surface area contributed by atoms with Crippen LogP contribution in [0.15, 0.2) is 10.7 Å². The third kappa shape index (κ3) is 2.20. The quantitative estimate of drug-likeness (QED) is 0.679. The summed E-state index contributed by atoms with van der Waals surface area (Å²) in [5.74, 6) is 0.722. The summed E-state index contributed by atoms with van der Waals surface area (Å²) in [7, 11) is 1.53. The number of nitrogen functional groups attached to an aromatic ring is 1. The Morgan fingerprint density at radius 2 is 2.00 bits per heavy atom. The number of ether oxygens (including phenoxy) is 1. The molecule has 8 heteroatoms. The first-order chi connectivity index (χ1) is 11.4. The smallest absolute Gasteiger partial charge is 0.238 e. The molecule has 0 atom stereocenters. The molecule has 0 saturated carbocycles. The summed E-state index contributed by atoms with van der Waals surface area (Å²) in [6, 6.07) is 4.07. The van der Waals surface area contributed by atoms with Crippen LogP contribution in [0.25, 0.3) is 16.7 Å². The maximum atomic E-state index is 9.54. The molecule has 0 fully saturated rings. The standard InChI is InChI=1S/C16H15BrN6O/c1-7-5-10-11(6-18)14(19)23(15(10)20-13(7)17)12-8(2)16(24-4)22-21-9(12)3/h5H,19H2,1-4H3. The zero-order valence-corrected chi connectivity index (χ0v) is 15.3. The second-order valence-electron chi connectivity index (χ2n) is 5.44. The van der Waals surface area contributed by atoms with E-state index in [0.717, 1.165) is 11.1 Å². The van der Waals surface area contributed by atoms with E-state index in [1.165, 1.54) is 7.11 Å². The fourth-order valence-electron chi connectivity index (χ4n) is 2.78. The van der Waals surface area contributed by atoms with Crippen molar-refractivity contribution in [1.82, 2.24) is 19.7 Å². The lowest BCUT2D eigenvalue weighted by Gasteiger charge is -2.14. The number of nitrogens with zero attached hydrogens (tertiary/aromatic N) is 5. The largest absolute Gasteiger partial charge is 0.480 e. The Morgan fingerprint density at radius 1 is 1.29 bits per heavy atom. The van der Waals surface area contributed by atoms with Crippen LogP contribution < -0.4 is 10.5 Å². The van der Waals surface area contributed by atoms with Gasteiger partial charge in [0.1, 0.15) is 27.7 Å². The molecule has 2 N–H and O–H groups in total. The van der Waals surface area contributed by atoms with Crippen LogP contribution in [0.2, 0.25) is 0 Å².